The molecule has 2 aromatic rings. The quantitative estimate of drug-likeness (QED) is 0.871. The van der Waals surface area contributed by atoms with Crippen LogP contribution < -0.4 is 11.0 Å². The lowest BCUT2D eigenvalue weighted by Crippen LogP contribution is -2.31. The van der Waals surface area contributed by atoms with Gasteiger partial charge < -0.3 is 5.32 Å². The lowest BCUT2D eigenvalue weighted by atomic mass is 9.99. The molecule has 2 N–H and O–H groups in total. The van der Waals surface area contributed by atoms with Crippen LogP contribution in [0.25, 0.3) is 5.69 Å². The van der Waals surface area contributed by atoms with Crippen LogP contribution in [0, 0.1) is 11.6 Å². The summed E-state index contributed by atoms with van der Waals surface area (Å²) in [6, 6.07) is 3.14. The molecule has 3 rings (SSSR count). The molecule has 0 bridgehead atoms. The van der Waals surface area contributed by atoms with Crippen LogP contribution in [0.15, 0.2) is 23.0 Å². The van der Waals surface area contributed by atoms with Crippen LogP contribution >= 0.6 is 0 Å². The summed E-state index contributed by atoms with van der Waals surface area (Å²) >= 11 is 0. The summed E-state index contributed by atoms with van der Waals surface area (Å²) in [6.07, 6.45) is 1.84. The molecule has 2 heterocycles. The van der Waals surface area contributed by atoms with Gasteiger partial charge in [-0.2, -0.15) is 5.10 Å². The zero-order valence-electron chi connectivity index (χ0n) is 10.7. The molecule has 1 unspecified atom stereocenters. The summed E-state index contributed by atoms with van der Waals surface area (Å²) in [5.74, 6) is -0.943. The van der Waals surface area contributed by atoms with Crippen molar-refractivity contribution in [2.24, 2.45) is 0 Å². The minimum atomic E-state index is -0.779. The third-order valence-corrected chi connectivity index (χ3v) is 3.51. The maximum absolute atomic E-state index is 13.9. The van der Waals surface area contributed by atoms with Gasteiger partial charge in [0.25, 0.3) is 0 Å². The first-order valence-electron chi connectivity index (χ1n) is 6.50. The summed E-state index contributed by atoms with van der Waals surface area (Å²) < 4.78 is 28.1. The van der Waals surface area contributed by atoms with Gasteiger partial charge in [0, 0.05) is 18.5 Å². The van der Waals surface area contributed by atoms with Crippen LogP contribution in [0.3, 0.4) is 0 Å². The number of hydrogen-bond donors (Lipinski definition) is 2. The van der Waals surface area contributed by atoms with Gasteiger partial charge in [-0.1, -0.05) is 0 Å². The highest BCUT2D eigenvalue weighted by molar-refractivity contribution is 5.35. The lowest BCUT2D eigenvalue weighted by molar-refractivity contribution is 0.440. The van der Waals surface area contributed by atoms with E-state index >= 15 is 0 Å². The number of nitrogens with one attached hydrogen (secondary N) is 2. The average molecular weight is 280 g/mol. The number of H-pyrrole nitrogens is 1. The van der Waals surface area contributed by atoms with E-state index in [-0.39, 0.29) is 11.6 Å². The number of halogens is 2. The normalized spacial score (nSPS) is 19.2. The van der Waals surface area contributed by atoms with Crippen molar-refractivity contribution in [2.75, 3.05) is 13.1 Å². The van der Waals surface area contributed by atoms with E-state index < -0.39 is 17.3 Å². The van der Waals surface area contributed by atoms with E-state index in [9.17, 15) is 13.6 Å². The monoisotopic (exact) mass is 280 g/mol. The van der Waals surface area contributed by atoms with Crippen molar-refractivity contribution >= 4 is 0 Å². The second-order valence-corrected chi connectivity index (χ2v) is 4.86. The van der Waals surface area contributed by atoms with Crippen molar-refractivity contribution in [2.45, 2.75) is 18.8 Å². The Labute approximate surface area is 113 Å². The van der Waals surface area contributed by atoms with Gasteiger partial charge in [0.15, 0.2) is 0 Å². The lowest BCUT2D eigenvalue weighted by Gasteiger charge is -2.22. The van der Waals surface area contributed by atoms with Gasteiger partial charge in [0.05, 0.1) is 5.69 Å². The van der Waals surface area contributed by atoms with Gasteiger partial charge in [0.2, 0.25) is 0 Å². The van der Waals surface area contributed by atoms with E-state index in [1.54, 1.807) is 0 Å². The third-order valence-electron chi connectivity index (χ3n) is 3.51. The molecule has 1 fully saturated rings. The Morgan fingerprint density at radius 2 is 2.20 bits per heavy atom. The molecule has 7 heteroatoms. The Balaban J connectivity index is 2.08. The number of aromatic nitrogens is 3. The average Bonchev–Trinajstić information content (AvgIpc) is 2.82. The SMILES string of the molecule is O=c1[nH]nc(C2CCCNC2)n1-c1ccc(F)cc1F. The topological polar surface area (TPSA) is 62.7 Å². The first kappa shape index (κ1) is 13.0. The zero-order valence-corrected chi connectivity index (χ0v) is 10.7. The fourth-order valence-corrected chi connectivity index (χ4v) is 2.55. The molecular weight excluding hydrogens is 266 g/mol. The molecule has 1 atom stereocenters. The van der Waals surface area contributed by atoms with Crippen molar-refractivity contribution in [1.82, 2.24) is 20.1 Å². The Kier molecular flexibility index (Phi) is 3.35. The number of rotatable bonds is 2. The first-order valence-corrected chi connectivity index (χ1v) is 6.50. The Hall–Kier alpha value is -2.02. The highest BCUT2D eigenvalue weighted by atomic mass is 19.1. The van der Waals surface area contributed by atoms with E-state index in [0.29, 0.717) is 12.4 Å². The molecule has 20 heavy (non-hydrogen) atoms. The van der Waals surface area contributed by atoms with E-state index in [1.807, 2.05) is 0 Å². The van der Waals surface area contributed by atoms with Crippen LogP contribution in [0.2, 0.25) is 0 Å². The molecular formula is C13H14F2N4O. The Bertz CT molecular complexity index is 673. The smallest absolute Gasteiger partial charge is 0.316 e. The van der Waals surface area contributed by atoms with Crippen molar-refractivity contribution in [1.29, 1.82) is 0 Å². The molecule has 1 aliphatic heterocycles. The van der Waals surface area contributed by atoms with Gasteiger partial charge in [-0.05, 0) is 31.5 Å². The van der Waals surface area contributed by atoms with Crippen LogP contribution in [-0.2, 0) is 0 Å². The van der Waals surface area contributed by atoms with Crippen LogP contribution in [-0.4, -0.2) is 27.9 Å². The van der Waals surface area contributed by atoms with Gasteiger partial charge >= 0.3 is 5.69 Å². The van der Waals surface area contributed by atoms with Crippen LogP contribution in [0.1, 0.15) is 24.6 Å². The summed E-state index contributed by atoms with van der Waals surface area (Å²) in [6.45, 7) is 1.61. The summed E-state index contributed by atoms with van der Waals surface area (Å²) in [5, 5.41) is 9.57. The van der Waals surface area contributed by atoms with E-state index in [2.05, 4.69) is 15.5 Å². The van der Waals surface area contributed by atoms with Gasteiger partial charge in [0.1, 0.15) is 17.5 Å². The molecule has 1 aromatic heterocycles. The van der Waals surface area contributed by atoms with Crippen LogP contribution in [0.4, 0.5) is 8.78 Å². The fraction of sp³-hybridized carbons (Fsp3) is 0.385. The molecule has 106 valence electrons. The number of benzene rings is 1. The molecule has 0 amide bonds. The first-order chi connectivity index (χ1) is 9.66. The van der Waals surface area contributed by atoms with Crippen LogP contribution in [0.5, 0.6) is 0 Å². The van der Waals surface area contributed by atoms with E-state index in [4.69, 9.17) is 0 Å². The maximum atomic E-state index is 13.9. The third kappa shape index (κ3) is 2.24. The van der Waals surface area contributed by atoms with Gasteiger partial charge in [-0.15, -0.1) is 0 Å². The molecule has 1 aliphatic rings. The van der Waals surface area contributed by atoms with Crippen molar-refractivity contribution in [3.8, 4) is 5.69 Å². The highest BCUT2D eigenvalue weighted by Gasteiger charge is 2.24. The minimum Gasteiger partial charge on any atom is -0.316 e. The van der Waals surface area contributed by atoms with E-state index in [1.165, 1.54) is 10.6 Å². The number of hydrogen-bond acceptors (Lipinski definition) is 3. The van der Waals surface area contributed by atoms with E-state index in [0.717, 1.165) is 31.5 Å². The molecule has 0 spiro atoms. The summed E-state index contributed by atoms with van der Waals surface area (Å²) in [4.78, 5) is 11.9. The molecule has 5 nitrogen and oxygen atoms in total. The molecule has 0 saturated carbocycles. The molecule has 0 radical (unpaired) electrons. The Morgan fingerprint density at radius 3 is 2.90 bits per heavy atom. The molecule has 0 aliphatic carbocycles. The van der Waals surface area contributed by atoms with Crippen molar-refractivity contribution in [3.63, 3.8) is 0 Å². The molecule has 1 aromatic carbocycles. The second-order valence-electron chi connectivity index (χ2n) is 4.86. The molecule has 1 saturated heterocycles. The highest BCUT2D eigenvalue weighted by Crippen LogP contribution is 2.23. The number of piperidine rings is 1. The van der Waals surface area contributed by atoms with Gasteiger partial charge in [-0.3, -0.25) is 0 Å². The minimum absolute atomic E-state index is 0.0192. The zero-order chi connectivity index (χ0) is 14.1. The predicted octanol–water partition coefficient (Wildman–Crippen LogP) is 1.31. The summed E-state index contributed by atoms with van der Waals surface area (Å²) in [5.41, 5.74) is -0.498. The standard InChI is InChI=1S/C13H14F2N4O/c14-9-3-4-11(10(15)6-9)19-12(17-18-13(19)20)8-2-1-5-16-7-8/h3-4,6,8,16H,1-2,5,7H2,(H,18,20). The summed E-state index contributed by atoms with van der Waals surface area (Å²) in [7, 11) is 0. The number of nitrogens with zero attached hydrogens (tertiary/aromatic N) is 2. The van der Waals surface area contributed by atoms with Crippen molar-refractivity contribution in [3.05, 3.63) is 46.1 Å². The second kappa shape index (κ2) is 5.16. The predicted molar refractivity (Wildman–Crippen MR) is 68.9 cm³/mol. The maximum Gasteiger partial charge on any atom is 0.348 e. The Morgan fingerprint density at radius 1 is 1.35 bits per heavy atom. The largest absolute Gasteiger partial charge is 0.348 e. The van der Waals surface area contributed by atoms with Gasteiger partial charge in [-0.25, -0.2) is 23.2 Å². The number of aromatic amines is 1. The van der Waals surface area contributed by atoms with Crippen molar-refractivity contribution < 1.29 is 8.78 Å². The fourth-order valence-electron chi connectivity index (χ4n) is 2.55.